The van der Waals surface area contributed by atoms with Crippen LogP contribution < -0.4 is 5.73 Å². The first-order valence-electron chi connectivity index (χ1n) is 7.10. The fourth-order valence-corrected chi connectivity index (χ4v) is 2.88. The van der Waals surface area contributed by atoms with Crippen molar-refractivity contribution in [1.82, 2.24) is 4.90 Å². The number of likely N-dealkylation sites (tertiary alicyclic amines) is 1. The molecule has 1 aliphatic rings. The molecule has 0 spiro atoms. The van der Waals surface area contributed by atoms with Gasteiger partial charge in [0, 0.05) is 12.6 Å². The van der Waals surface area contributed by atoms with Crippen LogP contribution in [0.1, 0.15) is 37.4 Å². The van der Waals surface area contributed by atoms with Crippen molar-refractivity contribution in [2.75, 3.05) is 19.6 Å². The number of nitriles is 1. The average molecular weight is 257 g/mol. The van der Waals surface area contributed by atoms with E-state index in [4.69, 9.17) is 11.0 Å². The van der Waals surface area contributed by atoms with Crippen LogP contribution in [-0.4, -0.2) is 24.5 Å². The van der Waals surface area contributed by atoms with Crippen LogP contribution in [0.2, 0.25) is 0 Å². The predicted molar refractivity (Wildman–Crippen MR) is 77.5 cm³/mol. The molecule has 2 rings (SSSR count). The zero-order valence-corrected chi connectivity index (χ0v) is 11.8. The molecule has 3 atom stereocenters. The molecule has 0 bridgehead atoms. The summed E-state index contributed by atoms with van der Waals surface area (Å²) in [6, 6.07) is 10.5. The van der Waals surface area contributed by atoms with Gasteiger partial charge in [-0.15, -0.1) is 0 Å². The van der Waals surface area contributed by atoms with E-state index < -0.39 is 0 Å². The minimum absolute atomic E-state index is 0.397. The molecule has 1 heterocycles. The van der Waals surface area contributed by atoms with Gasteiger partial charge in [0.05, 0.1) is 11.6 Å². The molecule has 102 valence electrons. The lowest BCUT2D eigenvalue weighted by Crippen LogP contribution is -2.43. The number of benzene rings is 1. The van der Waals surface area contributed by atoms with E-state index in [1.54, 1.807) is 0 Å². The highest BCUT2D eigenvalue weighted by Crippen LogP contribution is 2.29. The minimum Gasteiger partial charge on any atom is -0.330 e. The summed E-state index contributed by atoms with van der Waals surface area (Å²) < 4.78 is 0. The Morgan fingerprint density at radius 3 is 2.68 bits per heavy atom. The first-order valence-corrected chi connectivity index (χ1v) is 7.10. The van der Waals surface area contributed by atoms with Gasteiger partial charge in [-0.1, -0.05) is 19.1 Å². The van der Waals surface area contributed by atoms with Gasteiger partial charge in [0.25, 0.3) is 0 Å². The summed E-state index contributed by atoms with van der Waals surface area (Å²) in [5.41, 5.74) is 7.88. The van der Waals surface area contributed by atoms with Crippen LogP contribution in [0.15, 0.2) is 24.3 Å². The summed E-state index contributed by atoms with van der Waals surface area (Å²) >= 11 is 0. The Morgan fingerprint density at radius 1 is 1.42 bits per heavy atom. The average Bonchev–Trinajstić information content (AvgIpc) is 2.47. The largest absolute Gasteiger partial charge is 0.330 e. The Hall–Kier alpha value is -1.37. The lowest BCUT2D eigenvalue weighted by molar-refractivity contribution is 0.0978. The van der Waals surface area contributed by atoms with Crippen LogP contribution in [-0.2, 0) is 0 Å². The summed E-state index contributed by atoms with van der Waals surface area (Å²) in [4.78, 5) is 2.51. The number of nitrogens with zero attached hydrogens (tertiary/aromatic N) is 2. The number of hydrogen-bond acceptors (Lipinski definition) is 3. The molecule has 1 fully saturated rings. The maximum absolute atomic E-state index is 8.84. The Morgan fingerprint density at radius 2 is 2.11 bits per heavy atom. The Labute approximate surface area is 116 Å². The molecule has 3 heteroatoms. The first kappa shape index (κ1) is 14.0. The van der Waals surface area contributed by atoms with Gasteiger partial charge < -0.3 is 5.73 Å². The van der Waals surface area contributed by atoms with E-state index in [9.17, 15) is 0 Å². The molecule has 0 aliphatic carbocycles. The fraction of sp³-hybridized carbons (Fsp3) is 0.562. The molecule has 1 aromatic rings. The van der Waals surface area contributed by atoms with E-state index in [1.165, 1.54) is 12.0 Å². The third kappa shape index (κ3) is 3.15. The van der Waals surface area contributed by atoms with Crippen LogP contribution in [0.25, 0.3) is 0 Å². The molecule has 0 amide bonds. The van der Waals surface area contributed by atoms with Crippen LogP contribution in [0.3, 0.4) is 0 Å². The number of nitrogens with two attached hydrogens (primary N) is 1. The first-order chi connectivity index (χ1) is 9.15. The molecule has 3 nitrogen and oxygen atoms in total. The van der Waals surface area contributed by atoms with Crippen molar-refractivity contribution in [2.24, 2.45) is 17.6 Å². The molecule has 3 unspecified atom stereocenters. The lowest BCUT2D eigenvalue weighted by Gasteiger charge is -2.40. The smallest absolute Gasteiger partial charge is 0.0991 e. The molecule has 0 saturated carbocycles. The molecule has 0 aromatic heterocycles. The van der Waals surface area contributed by atoms with Gasteiger partial charge in [-0.2, -0.15) is 5.26 Å². The van der Waals surface area contributed by atoms with Crippen molar-refractivity contribution in [3.8, 4) is 6.07 Å². The Kier molecular flexibility index (Phi) is 4.57. The topological polar surface area (TPSA) is 53.0 Å². The monoisotopic (exact) mass is 257 g/mol. The van der Waals surface area contributed by atoms with Gasteiger partial charge in [0.15, 0.2) is 0 Å². The van der Waals surface area contributed by atoms with Gasteiger partial charge in [-0.3, -0.25) is 4.90 Å². The zero-order valence-electron chi connectivity index (χ0n) is 11.8. The molecule has 1 aliphatic heterocycles. The van der Waals surface area contributed by atoms with Crippen LogP contribution in [0, 0.1) is 23.2 Å². The van der Waals surface area contributed by atoms with Gasteiger partial charge in [0.1, 0.15) is 0 Å². The van der Waals surface area contributed by atoms with Crippen molar-refractivity contribution in [3.63, 3.8) is 0 Å². The zero-order chi connectivity index (χ0) is 13.8. The molecule has 2 N–H and O–H groups in total. The SMILES string of the molecule is CC1CCN(C(C)c2ccc(C#N)cc2)CC1CN. The fourth-order valence-electron chi connectivity index (χ4n) is 2.88. The predicted octanol–water partition coefficient (Wildman–Crippen LogP) is 2.54. The highest BCUT2D eigenvalue weighted by Gasteiger charge is 2.28. The van der Waals surface area contributed by atoms with Crippen molar-refractivity contribution >= 4 is 0 Å². The number of piperidine rings is 1. The summed E-state index contributed by atoms with van der Waals surface area (Å²) in [5, 5.41) is 8.84. The van der Waals surface area contributed by atoms with Crippen LogP contribution >= 0.6 is 0 Å². The number of rotatable bonds is 3. The molecule has 19 heavy (non-hydrogen) atoms. The van der Waals surface area contributed by atoms with Gasteiger partial charge in [0.2, 0.25) is 0 Å². The van der Waals surface area contributed by atoms with E-state index in [1.807, 2.05) is 12.1 Å². The van der Waals surface area contributed by atoms with Gasteiger partial charge >= 0.3 is 0 Å². The summed E-state index contributed by atoms with van der Waals surface area (Å²) in [7, 11) is 0. The second-order valence-corrected chi connectivity index (χ2v) is 5.67. The second-order valence-electron chi connectivity index (χ2n) is 5.67. The van der Waals surface area contributed by atoms with E-state index >= 15 is 0 Å². The van der Waals surface area contributed by atoms with Crippen LogP contribution in [0.4, 0.5) is 0 Å². The summed E-state index contributed by atoms with van der Waals surface area (Å²) in [6.07, 6.45) is 1.22. The van der Waals surface area contributed by atoms with E-state index in [-0.39, 0.29) is 0 Å². The quantitative estimate of drug-likeness (QED) is 0.905. The van der Waals surface area contributed by atoms with E-state index in [0.717, 1.165) is 31.1 Å². The third-order valence-corrected chi connectivity index (χ3v) is 4.52. The van der Waals surface area contributed by atoms with Crippen molar-refractivity contribution in [1.29, 1.82) is 5.26 Å². The molecular formula is C16H23N3. The maximum atomic E-state index is 8.84. The highest BCUT2D eigenvalue weighted by atomic mass is 15.2. The molecule has 0 radical (unpaired) electrons. The van der Waals surface area contributed by atoms with Gasteiger partial charge in [-0.25, -0.2) is 0 Å². The van der Waals surface area contributed by atoms with E-state index in [2.05, 4.69) is 36.9 Å². The third-order valence-electron chi connectivity index (χ3n) is 4.52. The Bertz CT molecular complexity index is 446. The summed E-state index contributed by atoms with van der Waals surface area (Å²) in [6.45, 7) is 7.54. The van der Waals surface area contributed by atoms with Crippen molar-refractivity contribution < 1.29 is 0 Å². The van der Waals surface area contributed by atoms with Gasteiger partial charge in [-0.05, 0) is 56.0 Å². The minimum atomic E-state index is 0.397. The summed E-state index contributed by atoms with van der Waals surface area (Å²) in [5.74, 6) is 1.34. The highest BCUT2D eigenvalue weighted by molar-refractivity contribution is 5.32. The molecule has 1 aromatic carbocycles. The second kappa shape index (κ2) is 6.18. The van der Waals surface area contributed by atoms with Crippen molar-refractivity contribution in [2.45, 2.75) is 26.3 Å². The van der Waals surface area contributed by atoms with Crippen LogP contribution in [0.5, 0.6) is 0 Å². The van der Waals surface area contributed by atoms with E-state index in [0.29, 0.717) is 12.0 Å². The lowest BCUT2D eigenvalue weighted by atomic mass is 9.86. The number of hydrogen-bond donors (Lipinski definition) is 1. The maximum Gasteiger partial charge on any atom is 0.0991 e. The normalized spacial score (nSPS) is 25.8. The standard InChI is InChI=1S/C16H23N3/c1-12-7-8-19(11-16(12)10-18)13(2)15-5-3-14(9-17)4-6-15/h3-6,12-13,16H,7-8,10-11,18H2,1-2H3. The van der Waals surface area contributed by atoms with Crippen molar-refractivity contribution in [3.05, 3.63) is 35.4 Å². The molecular weight excluding hydrogens is 234 g/mol. The molecule has 1 saturated heterocycles. The Balaban J connectivity index is 2.06.